The van der Waals surface area contributed by atoms with E-state index in [9.17, 15) is 18.7 Å². The van der Waals surface area contributed by atoms with Gasteiger partial charge in [-0.25, -0.2) is 18.7 Å². The van der Waals surface area contributed by atoms with Crippen molar-refractivity contribution in [3.63, 3.8) is 0 Å². The molecule has 0 unspecified atom stereocenters. The Balaban J connectivity index is 1.60. The summed E-state index contributed by atoms with van der Waals surface area (Å²) in [6.07, 6.45) is 3.16. The summed E-state index contributed by atoms with van der Waals surface area (Å²) in [5.74, 6) is -0.551. The van der Waals surface area contributed by atoms with Gasteiger partial charge in [-0.3, -0.25) is 4.79 Å². The van der Waals surface area contributed by atoms with Crippen LogP contribution in [0, 0.1) is 11.6 Å². The van der Waals surface area contributed by atoms with Crippen molar-refractivity contribution in [2.75, 3.05) is 26.6 Å². The minimum atomic E-state index is -0.778. The average Bonchev–Trinajstić information content (AvgIpc) is 3.28. The summed E-state index contributed by atoms with van der Waals surface area (Å²) in [7, 11) is 4.39. The first-order valence-electron chi connectivity index (χ1n) is 12.5. The lowest BCUT2D eigenvalue weighted by Gasteiger charge is -2.12. The van der Waals surface area contributed by atoms with Crippen molar-refractivity contribution in [3.05, 3.63) is 89.8 Å². The molecule has 0 aliphatic rings. The summed E-state index contributed by atoms with van der Waals surface area (Å²) in [5.41, 5.74) is 1.72. The van der Waals surface area contributed by atoms with Crippen molar-refractivity contribution in [3.8, 4) is 28.6 Å². The van der Waals surface area contributed by atoms with Gasteiger partial charge < -0.3 is 29.2 Å². The van der Waals surface area contributed by atoms with Crippen molar-refractivity contribution >= 4 is 28.4 Å². The number of benzene rings is 2. The van der Waals surface area contributed by atoms with Crippen LogP contribution in [0.3, 0.4) is 0 Å². The molecule has 0 fully saturated rings. The molecule has 0 radical (unpaired) electrons. The first-order valence-corrected chi connectivity index (χ1v) is 12.5. The number of aromatic hydroxyl groups is 1. The maximum absolute atomic E-state index is 14.8. The topological polar surface area (TPSA) is 108 Å². The van der Waals surface area contributed by atoms with Gasteiger partial charge in [0.1, 0.15) is 29.0 Å². The fourth-order valence-electron chi connectivity index (χ4n) is 4.48. The van der Waals surface area contributed by atoms with Gasteiger partial charge in [-0.15, -0.1) is 0 Å². The summed E-state index contributed by atoms with van der Waals surface area (Å²) >= 11 is 0. The fraction of sp³-hybridized carbons (Fsp3) is 0.167. The summed E-state index contributed by atoms with van der Waals surface area (Å²) in [6, 6.07) is 13.7. The minimum absolute atomic E-state index is 0.0251. The summed E-state index contributed by atoms with van der Waals surface area (Å²) in [4.78, 5) is 20.4. The zero-order valence-corrected chi connectivity index (χ0v) is 22.4. The summed E-state index contributed by atoms with van der Waals surface area (Å²) in [5, 5.41) is 14.7. The molecule has 11 heteroatoms. The zero-order chi connectivity index (χ0) is 29.1. The third kappa shape index (κ3) is 5.60. The van der Waals surface area contributed by atoms with E-state index < -0.39 is 17.6 Å². The van der Waals surface area contributed by atoms with E-state index in [-0.39, 0.29) is 30.1 Å². The number of aromatic nitrogens is 3. The molecule has 210 valence electrons. The van der Waals surface area contributed by atoms with E-state index >= 15 is 0 Å². The molecule has 0 saturated heterocycles. The lowest BCUT2D eigenvalue weighted by atomic mass is 10.1. The van der Waals surface area contributed by atoms with Gasteiger partial charge in [-0.05, 0) is 42.0 Å². The predicted molar refractivity (Wildman–Crippen MR) is 149 cm³/mol. The lowest BCUT2D eigenvalue weighted by Crippen LogP contribution is -2.05. The molecule has 41 heavy (non-hydrogen) atoms. The Morgan fingerprint density at radius 1 is 1.02 bits per heavy atom. The molecule has 0 aliphatic carbocycles. The smallest absolute Gasteiger partial charge is 0.310 e. The fourth-order valence-corrected chi connectivity index (χ4v) is 4.48. The molecule has 9 nitrogen and oxygen atoms in total. The van der Waals surface area contributed by atoms with Crippen LogP contribution < -0.4 is 14.8 Å². The number of rotatable bonds is 9. The first kappa shape index (κ1) is 27.4. The zero-order valence-electron chi connectivity index (χ0n) is 22.4. The third-order valence-corrected chi connectivity index (χ3v) is 6.54. The molecule has 3 heterocycles. The van der Waals surface area contributed by atoms with Crippen LogP contribution in [0.1, 0.15) is 11.1 Å². The number of nitrogens with zero attached hydrogens (tertiary/aromatic N) is 3. The number of nitrogens with one attached hydrogen (secondary N) is 1. The lowest BCUT2D eigenvalue weighted by molar-refractivity contribution is -0.139. The number of halogens is 2. The third-order valence-electron chi connectivity index (χ3n) is 6.54. The van der Waals surface area contributed by atoms with Gasteiger partial charge in [0.15, 0.2) is 0 Å². The van der Waals surface area contributed by atoms with Crippen LogP contribution in [-0.2, 0) is 22.5 Å². The largest absolute Gasteiger partial charge is 0.497 e. The second-order valence-electron chi connectivity index (χ2n) is 9.10. The molecule has 5 aromatic rings. The van der Waals surface area contributed by atoms with E-state index in [1.165, 1.54) is 32.5 Å². The molecule has 0 atom stereocenters. The van der Waals surface area contributed by atoms with Crippen LogP contribution in [0.15, 0.2) is 67.0 Å². The van der Waals surface area contributed by atoms with Gasteiger partial charge in [0.2, 0.25) is 5.88 Å². The van der Waals surface area contributed by atoms with Gasteiger partial charge in [0, 0.05) is 24.0 Å². The maximum Gasteiger partial charge on any atom is 0.310 e. The molecular weight excluding hydrogens is 534 g/mol. The number of methoxy groups -OCH3 is 3. The number of hydrogen-bond acceptors (Lipinski definition) is 8. The molecule has 0 saturated carbocycles. The van der Waals surface area contributed by atoms with Crippen molar-refractivity contribution in [1.82, 2.24) is 14.5 Å². The molecule has 0 spiro atoms. The minimum Gasteiger partial charge on any atom is -0.497 e. The van der Waals surface area contributed by atoms with Crippen molar-refractivity contribution in [1.29, 1.82) is 0 Å². The number of carbonyl (C=O) groups excluding carboxylic acids is 1. The maximum atomic E-state index is 14.8. The SMILES string of the molecule is COC(=O)Cc1ccc(Nc2cc(-c3c(F)cccc3F)nc3cn(Cc4ccc(OC)cc4OC)c(O)c23)nc1. The molecule has 3 aromatic heterocycles. The normalized spacial score (nSPS) is 11.0. The van der Waals surface area contributed by atoms with E-state index in [1.54, 1.807) is 42.1 Å². The Kier molecular flexibility index (Phi) is 7.68. The molecule has 0 aliphatic heterocycles. The van der Waals surface area contributed by atoms with Crippen LogP contribution >= 0.6 is 0 Å². The molecule has 2 N–H and O–H groups in total. The van der Waals surface area contributed by atoms with Crippen LogP contribution in [0.2, 0.25) is 0 Å². The van der Waals surface area contributed by atoms with E-state index in [0.717, 1.165) is 17.7 Å². The van der Waals surface area contributed by atoms with Crippen LogP contribution in [0.25, 0.3) is 22.2 Å². The van der Waals surface area contributed by atoms with E-state index in [4.69, 9.17) is 14.2 Å². The van der Waals surface area contributed by atoms with Crippen molar-refractivity contribution in [2.24, 2.45) is 0 Å². The Hall–Kier alpha value is -5.19. The van der Waals surface area contributed by atoms with E-state index in [2.05, 4.69) is 15.3 Å². The second kappa shape index (κ2) is 11.5. The number of pyridine rings is 2. The van der Waals surface area contributed by atoms with E-state index in [0.29, 0.717) is 39.5 Å². The Labute approximate surface area is 234 Å². The average molecular weight is 561 g/mol. The monoisotopic (exact) mass is 560 g/mol. The number of anilines is 2. The van der Waals surface area contributed by atoms with Crippen molar-refractivity contribution in [2.45, 2.75) is 13.0 Å². The molecule has 2 aromatic carbocycles. The number of hydrogen-bond donors (Lipinski definition) is 2. The highest BCUT2D eigenvalue weighted by atomic mass is 19.1. The Morgan fingerprint density at radius 3 is 2.46 bits per heavy atom. The molecule has 5 rings (SSSR count). The molecular formula is C30H26F2N4O5. The molecule has 0 bridgehead atoms. The number of esters is 1. The standard InChI is InChI=1S/C30H26F2N4O5/c1-39-19-9-8-18(25(12-19)40-2)15-36-16-24-29(30(36)38)23(13-22(34-24)28-20(31)5-4-6-21(28)32)35-26-10-7-17(14-33-26)11-27(37)41-3/h4-10,12-14,16,38H,11,15H2,1-3H3,(H,33,35). The van der Waals surface area contributed by atoms with Gasteiger partial charge in [-0.2, -0.15) is 0 Å². The van der Waals surface area contributed by atoms with Gasteiger partial charge >= 0.3 is 5.97 Å². The number of fused-ring (bicyclic) bond motifs is 1. The Morgan fingerprint density at radius 2 is 1.80 bits per heavy atom. The highest BCUT2D eigenvalue weighted by molar-refractivity contribution is 5.99. The van der Waals surface area contributed by atoms with Gasteiger partial charge in [0.05, 0.1) is 62.1 Å². The first-order chi connectivity index (χ1) is 19.8. The quantitative estimate of drug-likeness (QED) is 0.224. The highest BCUT2D eigenvalue weighted by Gasteiger charge is 2.21. The number of carbonyl (C=O) groups is 1. The van der Waals surface area contributed by atoms with Gasteiger partial charge in [0.25, 0.3) is 0 Å². The molecule has 0 amide bonds. The number of ether oxygens (including phenoxy) is 3. The summed E-state index contributed by atoms with van der Waals surface area (Å²) in [6.45, 7) is 0.207. The van der Waals surface area contributed by atoms with Crippen LogP contribution in [-0.4, -0.2) is 46.9 Å². The summed E-state index contributed by atoms with van der Waals surface area (Å²) < 4.78 is 46.5. The van der Waals surface area contributed by atoms with Crippen molar-refractivity contribution < 1.29 is 32.9 Å². The van der Waals surface area contributed by atoms with Crippen LogP contribution in [0.4, 0.5) is 20.3 Å². The highest BCUT2D eigenvalue weighted by Crippen LogP contribution is 2.39. The van der Waals surface area contributed by atoms with Gasteiger partial charge in [-0.1, -0.05) is 12.1 Å². The Bertz CT molecular complexity index is 1720. The predicted octanol–water partition coefficient (Wildman–Crippen LogP) is 5.61. The van der Waals surface area contributed by atoms with Crippen LogP contribution in [0.5, 0.6) is 17.4 Å². The second-order valence-corrected chi connectivity index (χ2v) is 9.10. The van der Waals surface area contributed by atoms with E-state index in [1.807, 2.05) is 6.07 Å².